The number of carbonyl (C=O) groups excluding carboxylic acids is 3. The third-order valence-electron chi connectivity index (χ3n) is 6.75. The van der Waals surface area contributed by atoms with Crippen molar-refractivity contribution in [3.63, 3.8) is 0 Å². The van der Waals surface area contributed by atoms with Crippen LogP contribution in [0.5, 0.6) is 0 Å². The van der Waals surface area contributed by atoms with Gasteiger partial charge in [0.15, 0.2) is 0 Å². The first-order chi connectivity index (χ1) is 19.4. The van der Waals surface area contributed by atoms with Gasteiger partial charge in [0.25, 0.3) is 5.91 Å². The van der Waals surface area contributed by atoms with E-state index in [1.807, 2.05) is 68.4 Å². The van der Waals surface area contributed by atoms with Crippen LogP contribution in [0, 0.1) is 5.92 Å². The summed E-state index contributed by atoms with van der Waals surface area (Å²) in [4.78, 5) is 37.1. The van der Waals surface area contributed by atoms with Gasteiger partial charge in [0.2, 0.25) is 5.91 Å². The lowest BCUT2D eigenvalue weighted by Crippen LogP contribution is -2.39. The summed E-state index contributed by atoms with van der Waals surface area (Å²) in [5.41, 5.74) is 3.64. The van der Waals surface area contributed by atoms with Crippen LogP contribution in [0.4, 0.5) is 11.4 Å². The molecule has 0 spiro atoms. The van der Waals surface area contributed by atoms with E-state index in [0.29, 0.717) is 17.9 Å². The quantitative estimate of drug-likeness (QED) is 0.183. The summed E-state index contributed by atoms with van der Waals surface area (Å²) < 4.78 is 10.8. The molecule has 4 rings (SSSR count). The minimum absolute atomic E-state index is 0.0562. The summed E-state index contributed by atoms with van der Waals surface area (Å²) in [6, 6.07) is 23.9. The third kappa shape index (κ3) is 7.28. The highest BCUT2D eigenvalue weighted by Crippen LogP contribution is 2.28. The van der Waals surface area contributed by atoms with Crippen LogP contribution < -0.4 is 16.0 Å². The molecule has 40 heavy (non-hydrogen) atoms. The maximum atomic E-state index is 13.3. The number of hydrogen-bond donors (Lipinski definition) is 3. The summed E-state index contributed by atoms with van der Waals surface area (Å²) in [5, 5.41) is 10.1. The molecule has 0 saturated heterocycles. The zero-order valence-electron chi connectivity index (χ0n) is 23.0. The SMILES string of the molecule is CCOC(=O)CCNC(=O)c1ccc(N[C@H](C(=O)Nc2ccc(-c3cc4ccccc4o3)cc2)[C@@H](C)CC)cc1. The first-order valence-corrected chi connectivity index (χ1v) is 13.6. The van der Waals surface area contributed by atoms with Gasteiger partial charge in [-0.15, -0.1) is 0 Å². The van der Waals surface area contributed by atoms with Gasteiger partial charge < -0.3 is 25.1 Å². The van der Waals surface area contributed by atoms with Crippen molar-refractivity contribution in [3.05, 3.63) is 84.4 Å². The molecule has 0 aliphatic heterocycles. The monoisotopic (exact) mass is 541 g/mol. The Kier molecular flexibility index (Phi) is 9.57. The first kappa shape index (κ1) is 28.4. The van der Waals surface area contributed by atoms with E-state index in [9.17, 15) is 14.4 Å². The van der Waals surface area contributed by atoms with Crippen molar-refractivity contribution in [2.45, 2.75) is 39.7 Å². The Balaban J connectivity index is 1.36. The van der Waals surface area contributed by atoms with Crippen LogP contribution in [0.1, 0.15) is 44.0 Å². The molecule has 0 unspecified atom stereocenters. The molecule has 1 aromatic heterocycles. The molecular weight excluding hydrogens is 506 g/mol. The molecule has 0 fully saturated rings. The molecule has 1 heterocycles. The average molecular weight is 542 g/mol. The van der Waals surface area contributed by atoms with Crippen LogP contribution in [-0.2, 0) is 14.3 Å². The van der Waals surface area contributed by atoms with Crippen molar-refractivity contribution >= 4 is 40.1 Å². The minimum Gasteiger partial charge on any atom is -0.466 e. The zero-order chi connectivity index (χ0) is 28.5. The van der Waals surface area contributed by atoms with Gasteiger partial charge in [-0.2, -0.15) is 0 Å². The summed E-state index contributed by atoms with van der Waals surface area (Å²) in [6.45, 7) is 6.31. The van der Waals surface area contributed by atoms with Gasteiger partial charge in [-0.1, -0.05) is 38.5 Å². The number of esters is 1. The fourth-order valence-electron chi connectivity index (χ4n) is 4.27. The van der Waals surface area contributed by atoms with E-state index >= 15 is 0 Å². The van der Waals surface area contributed by atoms with Crippen LogP contribution >= 0.6 is 0 Å². The number of anilines is 2. The number of rotatable bonds is 12. The van der Waals surface area contributed by atoms with E-state index in [1.165, 1.54) is 0 Å². The summed E-state index contributed by atoms with van der Waals surface area (Å²) in [6.07, 6.45) is 0.921. The number of nitrogens with one attached hydrogen (secondary N) is 3. The van der Waals surface area contributed by atoms with E-state index in [-0.39, 0.29) is 36.7 Å². The molecule has 2 amide bonds. The molecule has 8 heteroatoms. The number of hydrogen-bond acceptors (Lipinski definition) is 6. The van der Waals surface area contributed by atoms with Gasteiger partial charge in [-0.25, -0.2) is 0 Å². The number of furan rings is 1. The van der Waals surface area contributed by atoms with Crippen molar-refractivity contribution in [3.8, 4) is 11.3 Å². The van der Waals surface area contributed by atoms with Gasteiger partial charge in [0.05, 0.1) is 13.0 Å². The van der Waals surface area contributed by atoms with Gasteiger partial charge in [0, 0.05) is 34.4 Å². The number of carbonyl (C=O) groups is 3. The molecule has 0 aliphatic rings. The Labute approximate surface area is 234 Å². The molecule has 208 valence electrons. The van der Waals surface area contributed by atoms with Gasteiger partial charge in [-0.05, 0) is 73.5 Å². The molecule has 8 nitrogen and oxygen atoms in total. The predicted octanol–water partition coefficient (Wildman–Crippen LogP) is 6.25. The minimum atomic E-state index is -0.482. The lowest BCUT2D eigenvalue weighted by Gasteiger charge is -2.24. The van der Waals surface area contributed by atoms with Gasteiger partial charge in [0.1, 0.15) is 17.4 Å². The van der Waals surface area contributed by atoms with Gasteiger partial charge in [-0.3, -0.25) is 14.4 Å². The maximum absolute atomic E-state index is 13.3. The van der Waals surface area contributed by atoms with E-state index in [1.54, 1.807) is 31.2 Å². The summed E-state index contributed by atoms with van der Waals surface area (Å²) in [5.74, 6) is 0.0543. The smallest absolute Gasteiger partial charge is 0.307 e. The summed E-state index contributed by atoms with van der Waals surface area (Å²) >= 11 is 0. The van der Waals surface area contributed by atoms with Crippen molar-refractivity contribution in [1.29, 1.82) is 0 Å². The lowest BCUT2D eigenvalue weighted by atomic mass is 9.97. The van der Waals surface area contributed by atoms with Crippen LogP contribution in [-0.4, -0.2) is 37.0 Å². The van der Waals surface area contributed by atoms with Gasteiger partial charge >= 0.3 is 5.97 Å². The Morgan fingerprint density at radius 3 is 2.27 bits per heavy atom. The predicted molar refractivity (Wildman–Crippen MR) is 157 cm³/mol. The van der Waals surface area contributed by atoms with Crippen LogP contribution in [0.3, 0.4) is 0 Å². The van der Waals surface area contributed by atoms with E-state index in [2.05, 4.69) is 16.0 Å². The Morgan fingerprint density at radius 2 is 1.60 bits per heavy atom. The molecule has 2 atom stereocenters. The normalized spacial score (nSPS) is 12.4. The molecule has 0 bridgehead atoms. The highest BCUT2D eigenvalue weighted by atomic mass is 16.5. The second-order valence-electron chi connectivity index (χ2n) is 9.61. The molecule has 4 aromatic rings. The van der Waals surface area contributed by atoms with E-state index < -0.39 is 6.04 Å². The second kappa shape index (κ2) is 13.5. The second-order valence-corrected chi connectivity index (χ2v) is 9.61. The molecular formula is C32H35N3O5. The first-order valence-electron chi connectivity index (χ1n) is 13.6. The Hall–Kier alpha value is -4.59. The van der Waals surface area contributed by atoms with Crippen molar-refractivity contribution < 1.29 is 23.5 Å². The molecule has 3 aromatic carbocycles. The average Bonchev–Trinajstić information content (AvgIpc) is 3.40. The number of amides is 2. The Morgan fingerprint density at radius 1 is 0.900 bits per heavy atom. The number of ether oxygens (including phenoxy) is 1. The summed E-state index contributed by atoms with van der Waals surface area (Å²) in [7, 11) is 0. The van der Waals surface area contributed by atoms with Crippen molar-refractivity contribution in [1.82, 2.24) is 5.32 Å². The lowest BCUT2D eigenvalue weighted by molar-refractivity contribution is -0.142. The fourth-order valence-corrected chi connectivity index (χ4v) is 4.27. The highest BCUT2D eigenvalue weighted by molar-refractivity contribution is 5.97. The van der Waals surface area contributed by atoms with Crippen LogP contribution in [0.15, 0.2) is 83.3 Å². The van der Waals surface area contributed by atoms with Crippen molar-refractivity contribution in [2.24, 2.45) is 5.92 Å². The van der Waals surface area contributed by atoms with E-state index in [0.717, 1.165) is 34.4 Å². The molecule has 0 saturated carbocycles. The Bertz CT molecular complexity index is 1410. The fraction of sp³-hybridized carbons (Fsp3) is 0.281. The number of para-hydroxylation sites is 1. The number of benzene rings is 3. The van der Waals surface area contributed by atoms with Crippen LogP contribution in [0.2, 0.25) is 0 Å². The standard InChI is InChI=1S/C32H35N3O5/c1-4-21(3)30(34-25-16-12-23(13-17-25)31(37)33-19-18-29(36)39-5-2)32(38)35-26-14-10-22(11-15-26)28-20-24-8-6-7-9-27(24)40-28/h6-17,20-21,30,34H,4-5,18-19H2,1-3H3,(H,33,37)(H,35,38)/t21-,30-/m0/s1. The molecule has 3 N–H and O–H groups in total. The third-order valence-corrected chi connectivity index (χ3v) is 6.75. The zero-order valence-corrected chi connectivity index (χ0v) is 23.0. The topological polar surface area (TPSA) is 110 Å². The molecule has 0 radical (unpaired) electrons. The number of fused-ring (bicyclic) bond motifs is 1. The van der Waals surface area contributed by atoms with Crippen molar-refractivity contribution in [2.75, 3.05) is 23.8 Å². The highest BCUT2D eigenvalue weighted by Gasteiger charge is 2.24. The van der Waals surface area contributed by atoms with E-state index in [4.69, 9.17) is 9.15 Å². The maximum Gasteiger partial charge on any atom is 0.307 e. The largest absolute Gasteiger partial charge is 0.466 e. The van der Waals surface area contributed by atoms with Crippen LogP contribution in [0.25, 0.3) is 22.3 Å². The molecule has 0 aliphatic carbocycles.